The quantitative estimate of drug-likeness (QED) is 0.170. The molecule has 5 aromatic rings. The van der Waals surface area contributed by atoms with E-state index in [2.05, 4.69) is 198 Å². The highest BCUT2D eigenvalue weighted by Gasteiger charge is 2.25. The Balaban J connectivity index is 1.08. The standard InChI is InChI=1S/C45H38N2/c1-3-17-40(18-4-1)46(44-30-25-35-12-7-9-14-38(35)32-44)42-21-11-16-34(22-27-42)37-23-28-43(29-24-37)47(41-19-5-2-6-20-41)45-31-26-36-13-8-10-15-39(36)33-45/h1-8,10-13,15-35,38H,9,14H2. The average molecular weight is 607 g/mol. The molecule has 5 aromatic carbocycles. The number of hydrogen-bond donors (Lipinski definition) is 0. The Morgan fingerprint density at radius 1 is 0.511 bits per heavy atom. The van der Waals surface area contributed by atoms with Gasteiger partial charge in [0, 0.05) is 46.0 Å². The van der Waals surface area contributed by atoms with E-state index in [1.54, 1.807) is 0 Å². The zero-order valence-electron chi connectivity index (χ0n) is 26.4. The molecule has 2 nitrogen and oxygen atoms in total. The first-order chi connectivity index (χ1) is 23.3. The van der Waals surface area contributed by atoms with E-state index in [1.807, 2.05) is 0 Å². The lowest BCUT2D eigenvalue weighted by Gasteiger charge is -2.33. The predicted molar refractivity (Wildman–Crippen MR) is 199 cm³/mol. The third-order valence-corrected chi connectivity index (χ3v) is 9.53. The number of rotatable bonds is 7. The van der Waals surface area contributed by atoms with Gasteiger partial charge < -0.3 is 9.80 Å². The molecule has 8 rings (SSSR count). The smallest absolute Gasteiger partial charge is 0.0468 e. The highest BCUT2D eigenvalue weighted by atomic mass is 15.2. The number of benzene rings is 5. The number of hydrogen-bond acceptors (Lipinski definition) is 2. The Morgan fingerprint density at radius 2 is 1.17 bits per heavy atom. The van der Waals surface area contributed by atoms with Gasteiger partial charge >= 0.3 is 0 Å². The van der Waals surface area contributed by atoms with Gasteiger partial charge in [-0.3, -0.25) is 0 Å². The zero-order chi connectivity index (χ0) is 31.4. The first kappa shape index (κ1) is 28.8. The van der Waals surface area contributed by atoms with E-state index in [0.29, 0.717) is 11.8 Å². The van der Waals surface area contributed by atoms with Crippen molar-refractivity contribution in [2.24, 2.45) is 11.8 Å². The van der Waals surface area contributed by atoms with Crippen molar-refractivity contribution in [2.75, 3.05) is 9.80 Å². The summed E-state index contributed by atoms with van der Waals surface area (Å²) in [5.74, 6) is 1.23. The molecule has 3 aliphatic rings. The summed E-state index contributed by atoms with van der Waals surface area (Å²) in [5, 5.41) is 2.48. The molecule has 0 heterocycles. The molecule has 228 valence electrons. The maximum atomic E-state index is 2.48. The molecule has 3 unspecified atom stereocenters. The van der Waals surface area contributed by atoms with Crippen molar-refractivity contribution >= 4 is 33.5 Å². The van der Waals surface area contributed by atoms with Gasteiger partial charge in [-0.05, 0) is 102 Å². The van der Waals surface area contributed by atoms with E-state index < -0.39 is 0 Å². The van der Waals surface area contributed by atoms with Gasteiger partial charge in [-0.2, -0.15) is 0 Å². The van der Waals surface area contributed by atoms with E-state index in [4.69, 9.17) is 0 Å². The van der Waals surface area contributed by atoms with Gasteiger partial charge in [-0.1, -0.05) is 121 Å². The van der Waals surface area contributed by atoms with Crippen LogP contribution in [0.4, 0.5) is 22.7 Å². The molecule has 0 fully saturated rings. The largest absolute Gasteiger partial charge is 0.311 e. The lowest BCUT2D eigenvalue weighted by atomic mass is 9.80. The Bertz CT molecular complexity index is 2040. The Hall–Kier alpha value is -5.60. The zero-order valence-corrected chi connectivity index (χ0v) is 26.4. The molecule has 0 N–H and O–H groups in total. The molecular formula is C45H38N2. The van der Waals surface area contributed by atoms with Crippen molar-refractivity contribution in [3.63, 3.8) is 0 Å². The van der Waals surface area contributed by atoms with Gasteiger partial charge in [0.15, 0.2) is 0 Å². The Morgan fingerprint density at radius 3 is 1.96 bits per heavy atom. The fourth-order valence-electron chi connectivity index (χ4n) is 7.09. The minimum Gasteiger partial charge on any atom is -0.311 e. The van der Waals surface area contributed by atoms with E-state index in [1.165, 1.54) is 39.8 Å². The summed E-state index contributed by atoms with van der Waals surface area (Å²) >= 11 is 0. The number of allylic oxidation sites excluding steroid dienone is 10. The molecule has 3 aliphatic carbocycles. The number of fused-ring (bicyclic) bond motifs is 2. The van der Waals surface area contributed by atoms with Crippen LogP contribution in [0.15, 0.2) is 200 Å². The van der Waals surface area contributed by atoms with E-state index in [9.17, 15) is 0 Å². The summed E-state index contributed by atoms with van der Waals surface area (Å²) in [7, 11) is 0. The molecule has 47 heavy (non-hydrogen) atoms. The molecule has 0 amide bonds. The van der Waals surface area contributed by atoms with Crippen LogP contribution >= 0.6 is 0 Å². The summed E-state index contributed by atoms with van der Waals surface area (Å²) in [6.45, 7) is 0. The summed E-state index contributed by atoms with van der Waals surface area (Å²) in [4.78, 5) is 4.74. The molecule has 0 saturated carbocycles. The van der Waals surface area contributed by atoms with E-state index in [0.717, 1.165) is 23.5 Å². The van der Waals surface area contributed by atoms with Crippen LogP contribution in [0.2, 0.25) is 0 Å². The monoisotopic (exact) mass is 606 g/mol. The van der Waals surface area contributed by atoms with Crippen LogP contribution in [0.5, 0.6) is 0 Å². The second-order valence-electron chi connectivity index (χ2n) is 12.5. The summed E-state index contributed by atoms with van der Waals surface area (Å²) < 4.78 is 0. The maximum absolute atomic E-state index is 2.48. The summed E-state index contributed by atoms with van der Waals surface area (Å²) in [6.07, 6.45) is 25.6. The van der Waals surface area contributed by atoms with Gasteiger partial charge in [0.1, 0.15) is 0 Å². The molecule has 2 heteroatoms. The molecule has 0 saturated heterocycles. The van der Waals surface area contributed by atoms with Crippen LogP contribution in [0.3, 0.4) is 0 Å². The van der Waals surface area contributed by atoms with Crippen molar-refractivity contribution in [1.29, 1.82) is 0 Å². The molecule has 0 radical (unpaired) electrons. The molecule has 0 aromatic heterocycles. The van der Waals surface area contributed by atoms with Crippen molar-refractivity contribution in [2.45, 2.75) is 18.8 Å². The third kappa shape index (κ3) is 6.03. The average Bonchev–Trinajstić information content (AvgIpc) is 3.39. The number of anilines is 4. The molecule has 3 atom stereocenters. The van der Waals surface area contributed by atoms with Crippen molar-refractivity contribution in [1.82, 2.24) is 0 Å². The predicted octanol–water partition coefficient (Wildman–Crippen LogP) is 11.9. The molecule has 0 spiro atoms. The Kier molecular flexibility index (Phi) is 7.99. The number of nitrogens with zero attached hydrogens (tertiary/aromatic N) is 2. The minimum atomic E-state index is 0.171. The molecule has 0 aliphatic heterocycles. The maximum Gasteiger partial charge on any atom is 0.0468 e. The summed E-state index contributed by atoms with van der Waals surface area (Å²) in [5.41, 5.74) is 8.28. The van der Waals surface area contributed by atoms with Gasteiger partial charge in [0.25, 0.3) is 0 Å². The fraction of sp³-hybridized carbons (Fsp3) is 0.111. The highest BCUT2D eigenvalue weighted by Crippen LogP contribution is 2.39. The van der Waals surface area contributed by atoms with Crippen LogP contribution in [0.1, 0.15) is 24.3 Å². The lowest BCUT2D eigenvalue weighted by molar-refractivity contribution is 0.488. The lowest BCUT2D eigenvalue weighted by Crippen LogP contribution is -2.24. The normalized spacial score (nSPS) is 19.9. The number of para-hydroxylation sites is 2. The SMILES string of the molecule is C1=CC(c2ccc(N(c3ccccc3)c3ccc4ccccc4c3)cc2)C=CC(N(C2=CC3CCC=CC3C=C2)c2ccccc2)=C1. The minimum absolute atomic E-state index is 0.171. The van der Waals surface area contributed by atoms with Gasteiger partial charge in [-0.25, -0.2) is 0 Å². The third-order valence-electron chi connectivity index (χ3n) is 9.53. The Labute approximate surface area is 278 Å². The fourth-order valence-corrected chi connectivity index (χ4v) is 7.09. The van der Waals surface area contributed by atoms with Gasteiger partial charge in [-0.15, -0.1) is 0 Å². The second kappa shape index (κ2) is 13.0. The van der Waals surface area contributed by atoms with Crippen molar-refractivity contribution in [3.8, 4) is 0 Å². The van der Waals surface area contributed by atoms with E-state index >= 15 is 0 Å². The van der Waals surface area contributed by atoms with Crippen LogP contribution in [-0.2, 0) is 0 Å². The van der Waals surface area contributed by atoms with Crippen molar-refractivity contribution < 1.29 is 0 Å². The molecular weight excluding hydrogens is 569 g/mol. The topological polar surface area (TPSA) is 6.48 Å². The van der Waals surface area contributed by atoms with Gasteiger partial charge in [0.05, 0.1) is 0 Å². The molecule has 0 bridgehead atoms. The summed E-state index contributed by atoms with van der Waals surface area (Å²) in [6, 6.07) is 45.7. The van der Waals surface area contributed by atoms with Gasteiger partial charge in [0.2, 0.25) is 0 Å². The highest BCUT2D eigenvalue weighted by molar-refractivity contribution is 5.89. The van der Waals surface area contributed by atoms with Crippen LogP contribution < -0.4 is 9.80 Å². The second-order valence-corrected chi connectivity index (χ2v) is 12.5. The van der Waals surface area contributed by atoms with Crippen LogP contribution in [0.25, 0.3) is 10.8 Å². The van der Waals surface area contributed by atoms with E-state index in [-0.39, 0.29) is 5.92 Å². The first-order valence-corrected chi connectivity index (χ1v) is 16.7. The first-order valence-electron chi connectivity index (χ1n) is 16.7. The van der Waals surface area contributed by atoms with Crippen LogP contribution in [0, 0.1) is 11.8 Å². The van der Waals surface area contributed by atoms with Crippen molar-refractivity contribution in [3.05, 3.63) is 205 Å². The van der Waals surface area contributed by atoms with Crippen LogP contribution in [-0.4, -0.2) is 0 Å².